The van der Waals surface area contributed by atoms with Crippen LogP contribution in [0.25, 0.3) is 86.3 Å². The van der Waals surface area contributed by atoms with Crippen LogP contribution in [0.1, 0.15) is 22.3 Å². The molecular weight excluding hydrogens is 669 g/mol. The lowest BCUT2D eigenvalue weighted by Crippen LogP contribution is -2.04. The Bertz CT molecular complexity index is 3350. The maximum atomic E-state index is 10.7. The van der Waals surface area contributed by atoms with Crippen molar-refractivity contribution < 1.29 is 0 Å². The zero-order valence-electron chi connectivity index (χ0n) is 27.8. The molecule has 0 amide bonds. The van der Waals surface area contributed by atoms with Crippen LogP contribution in [-0.4, -0.2) is 9.13 Å². The van der Waals surface area contributed by atoms with Gasteiger partial charge in [-0.05, 0) is 60.2 Å². The molecule has 53 heavy (non-hydrogen) atoms. The quantitative estimate of drug-likeness (QED) is 0.184. The molecule has 242 valence electrons. The van der Waals surface area contributed by atoms with E-state index in [0.29, 0.717) is 28.1 Å². The van der Waals surface area contributed by atoms with Gasteiger partial charge in [0.25, 0.3) is 0 Å². The lowest BCUT2D eigenvalue weighted by molar-refractivity contribution is 1.16. The summed E-state index contributed by atoms with van der Waals surface area (Å²) in [5.41, 5.74) is 6.50. The number of rotatable bonds is 3. The van der Waals surface area contributed by atoms with Gasteiger partial charge in [-0.15, -0.1) is 11.3 Å². The van der Waals surface area contributed by atoms with Gasteiger partial charge in [-0.3, -0.25) is 0 Å². The van der Waals surface area contributed by atoms with Crippen molar-refractivity contribution in [3.63, 3.8) is 0 Å². The van der Waals surface area contributed by atoms with Crippen LogP contribution < -0.4 is 0 Å². The maximum Gasteiger partial charge on any atom is 0.103 e. The first-order chi connectivity index (χ1) is 26.1. The molecular formula is C46H22N6S. The highest BCUT2D eigenvalue weighted by molar-refractivity contribution is 7.25. The predicted molar refractivity (Wildman–Crippen MR) is 212 cm³/mol. The number of hydrogen-bond donors (Lipinski definition) is 0. The Hall–Kier alpha value is -7.68. The van der Waals surface area contributed by atoms with E-state index in [1.54, 1.807) is 23.5 Å². The summed E-state index contributed by atoms with van der Waals surface area (Å²) >= 11 is 1.74. The fourth-order valence-corrected chi connectivity index (χ4v) is 9.18. The Morgan fingerprint density at radius 3 is 1.58 bits per heavy atom. The number of hydrogen-bond acceptors (Lipinski definition) is 5. The molecule has 3 aromatic heterocycles. The van der Waals surface area contributed by atoms with Gasteiger partial charge in [0.2, 0.25) is 0 Å². The number of nitriles is 4. The first kappa shape index (κ1) is 30.2. The minimum Gasteiger partial charge on any atom is -0.308 e. The number of para-hydroxylation sites is 3. The molecule has 0 unspecified atom stereocenters. The third-order valence-electron chi connectivity index (χ3n) is 10.3. The van der Waals surface area contributed by atoms with Crippen molar-refractivity contribution in [3.8, 4) is 46.8 Å². The number of thiophene rings is 1. The van der Waals surface area contributed by atoms with Crippen molar-refractivity contribution in [2.75, 3.05) is 0 Å². The molecule has 0 atom stereocenters. The summed E-state index contributed by atoms with van der Waals surface area (Å²) in [5.74, 6) is 0. The van der Waals surface area contributed by atoms with E-state index < -0.39 is 0 Å². The zero-order chi connectivity index (χ0) is 35.8. The average Bonchev–Trinajstić information content (AvgIpc) is 3.86. The normalized spacial score (nSPS) is 11.3. The van der Waals surface area contributed by atoms with Crippen molar-refractivity contribution in [1.29, 1.82) is 21.0 Å². The van der Waals surface area contributed by atoms with Gasteiger partial charge in [0.1, 0.15) is 18.2 Å². The van der Waals surface area contributed by atoms with E-state index in [1.807, 2.05) is 77.4 Å². The van der Waals surface area contributed by atoms with E-state index in [2.05, 4.69) is 77.4 Å². The van der Waals surface area contributed by atoms with Gasteiger partial charge in [0.05, 0.1) is 61.8 Å². The van der Waals surface area contributed by atoms with Crippen molar-refractivity contribution in [3.05, 3.63) is 156 Å². The number of nitrogens with zero attached hydrogens (tertiary/aromatic N) is 6. The molecule has 6 nitrogen and oxygen atoms in total. The molecule has 10 rings (SSSR count). The number of benzene rings is 7. The topological polar surface area (TPSA) is 105 Å². The average molecular weight is 691 g/mol. The van der Waals surface area contributed by atoms with Crippen molar-refractivity contribution in [2.45, 2.75) is 0 Å². The van der Waals surface area contributed by atoms with Gasteiger partial charge in [-0.1, -0.05) is 78.9 Å². The summed E-state index contributed by atoms with van der Waals surface area (Å²) in [6.07, 6.45) is 0. The fourth-order valence-electron chi connectivity index (χ4n) is 8.06. The van der Waals surface area contributed by atoms with Crippen LogP contribution in [0.5, 0.6) is 0 Å². The van der Waals surface area contributed by atoms with Crippen LogP contribution in [0, 0.1) is 45.3 Å². The second kappa shape index (κ2) is 11.4. The van der Waals surface area contributed by atoms with Crippen molar-refractivity contribution >= 4 is 75.1 Å². The number of fused-ring (bicyclic) bond motifs is 9. The molecule has 0 aliphatic heterocycles. The highest BCUT2D eigenvalue weighted by atomic mass is 32.1. The summed E-state index contributed by atoms with van der Waals surface area (Å²) in [7, 11) is 0. The Balaban J connectivity index is 1.21. The second-order valence-electron chi connectivity index (χ2n) is 12.9. The highest BCUT2D eigenvalue weighted by Crippen LogP contribution is 2.42. The van der Waals surface area contributed by atoms with Gasteiger partial charge < -0.3 is 9.13 Å². The molecule has 0 saturated carbocycles. The molecule has 0 N–H and O–H groups in total. The van der Waals surface area contributed by atoms with E-state index in [9.17, 15) is 21.0 Å². The SMILES string of the molecule is N#Cc1cc(-c2c(C#N)cc(-n3c4ccccc4c4ccccc43)c(C#N)c2C#N)ccc1-n1c2ccccc2c2cc3c(cc21)sc1ccccc13. The molecule has 7 aromatic carbocycles. The van der Waals surface area contributed by atoms with E-state index in [4.69, 9.17) is 0 Å². The molecule has 3 heterocycles. The van der Waals surface area contributed by atoms with Crippen LogP contribution in [0.4, 0.5) is 0 Å². The van der Waals surface area contributed by atoms with Gasteiger partial charge in [0.15, 0.2) is 0 Å². The monoisotopic (exact) mass is 690 g/mol. The standard InChI is InChI=1S/C46H22N6S/c47-23-28-19-27(17-18-38(28)51-41-15-7-3-11-32(41)34-21-35-33-12-4-8-16-44(33)53-45(35)22-43(34)51)46-29(24-48)20-42(36(25-49)37(46)26-50)52-39-13-5-1-9-30(39)31-10-2-6-14-40(31)52/h1-22H. The third-order valence-corrected chi connectivity index (χ3v) is 11.4. The number of aromatic nitrogens is 2. The fraction of sp³-hybridized carbons (Fsp3) is 0. The first-order valence-electron chi connectivity index (χ1n) is 16.9. The first-order valence-corrected chi connectivity index (χ1v) is 17.7. The Labute approximate surface area is 306 Å². The minimum absolute atomic E-state index is 0.0871. The van der Waals surface area contributed by atoms with Crippen molar-refractivity contribution in [2.24, 2.45) is 0 Å². The van der Waals surface area contributed by atoms with Crippen LogP contribution in [-0.2, 0) is 0 Å². The van der Waals surface area contributed by atoms with E-state index >= 15 is 0 Å². The van der Waals surface area contributed by atoms with Crippen LogP contribution in [0.15, 0.2) is 133 Å². The summed E-state index contributed by atoms with van der Waals surface area (Å²) in [6, 6.07) is 53.3. The Morgan fingerprint density at radius 2 is 0.962 bits per heavy atom. The van der Waals surface area contributed by atoms with Gasteiger partial charge in [-0.25, -0.2) is 0 Å². The molecule has 0 bridgehead atoms. The second-order valence-corrected chi connectivity index (χ2v) is 14.0. The summed E-state index contributed by atoms with van der Waals surface area (Å²) in [4.78, 5) is 0. The lowest BCUT2D eigenvalue weighted by atomic mass is 9.89. The molecule has 0 spiro atoms. The van der Waals surface area contributed by atoms with Crippen LogP contribution in [0.3, 0.4) is 0 Å². The molecule has 0 saturated heterocycles. The zero-order valence-corrected chi connectivity index (χ0v) is 28.6. The molecule has 0 aliphatic carbocycles. The van der Waals surface area contributed by atoms with Gasteiger partial charge in [-0.2, -0.15) is 21.0 Å². The van der Waals surface area contributed by atoms with E-state index in [-0.39, 0.29) is 16.7 Å². The lowest BCUT2D eigenvalue weighted by Gasteiger charge is -2.17. The predicted octanol–water partition coefficient (Wildman–Crippen LogP) is 11.4. The largest absolute Gasteiger partial charge is 0.308 e. The van der Waals surface area contributed by atoms with E-state index in [1.165, 1.54) is 15.5 Å². The molecule has 10 aromatic rings. The van der Waals surface area contributed by atoms with Crippen LogP contribution in [0.2, 0.25) is 0 Å². The highest BCUT2D eigenvalue weighted by Gasteiger charge is 2.25. The minimum atomic E-state index is 0.0871. The Morgan fingerprint density at radius 1 is 0.396 bits per heavy atom. The molecule has 0 aliphatic rings. The molecule has 0 fully saturated rings. The molecule has 0 radical (unpaired) electrons. The summed E-state index contributed by atoms with van der Waals surface area (Å²) in [6.45, 7) is 0. The summed E-state index contributed by atoms with van der Waals surface area (Å²) in [5, 5.41) is 49.2. The van der Waals surface area contributed by atoms with Gasteiger partial charge >= 0.3 is 0 Å². The van der Waals surface area contributed by atoms with Crippen molar-refractivity contribution in [1.82, 2.24) is 9.13 Å². The van der Waals surface area contributed by atoms with Crippen LogP contribution >= 0.6 is 11.3 Å². The van der Waals surface area contributed by atoms with E-state index in [0.717, 1.165) is 48.3 Å². The molecule has 7 heteroatoms. The maximum absolute atomic E-state index is 10.7. The van der Waals surface area contributed by atoms with Gasteiger partial charge in [0, 0.05) is 47.3 Å². The third kappa shape index (κ3) is 4.21. The Kier molecular flexibility index (Phi) is 6.50. The smallest absolute Gasteiger partial charge is 0.103 e. The summed E-state index contributed by atoms with van der Waals surface area (Å²) < 4.78 is 6.45.